The summed E-state index contributed by atoms with van der Waals surface area (Å²) in [6.45, 7) is 1.95. The van der Waals surface area contributed by atoms with E-state index >= 15 is 0 Å². The molecule has 1 amide bonds. The smallest absolute Gasteiger partial charge is 0.407 e. The molecule has 0 atom stereocenters. The highest BCUT2D eigenvalue weighted by Crippen LogP contribution is 2.11. The lowest BCUT2D eigenvalue weighted by atomic mass is 10.1. The largest absolute Gasteiger partial charge is 0.468 e. The van der Waals surface area contributed by atoms with Gasteiger partial charge in [-0.05, 0) is 25.0 Å². The van der Waals surface area contributed by atoms with Crippen molar-refractivity contribution in [3.8, 4) is 0 Å². The van der Waals surface area contributed by atoms with Gasteiger partial charge in [0.2, 0.25) is 0 Å². The minimum Gasteiger partial charge on any atom is -0.468 e. The first-order chi connectivity index (χ1) is 7.75. The molecular weight excluding hydrogens is 208 g/mol. The molecule has 0 saturated carbocycles. The average Bonchev–Trinajstić information content (AvgIpc) is 2.80. The van der Waals surface area contributed by atoms with Gasteiger partial charge in [-0.15, -0.1) is 0 Å². The zero-order valence-electron chi connectivity index (χ0n) is 9.06. The van der Waals surface area contributed by atoms with E-state index < -0.39 is 6.09 Å². The number of hydrogen-bond donors (Lipinski definition) is 2. The van der Waals surface area contributed by atoms with E-state index in [-0.39, 0.29) is 0 Å². The Balaban J connectivity index is 1.71. The maximum atomic E-state index is 10.7. The van der Waals surface area contributed by atoms with Crippen molar-refractivity contribution in [1.82, 2.24) is 10.2 Å². The van der Waals surface area contributed by atoms with E-state index in [2.05, 4.69) is 5.32 Å². The molecule has 1 aliphatic rings. The molecule has 0 unspecified atom stereocenters. The van der Waals surface area contributed by atoms with Crippen molar-refractivity contribution < 1.29 is 14.3 Å². The van der Waals surface area contributed by atoms with Gasteiger partial charge in [-0.25, -0.2) is 4.79 Å². The third-order valence-corrected chi connectivity index (χ3v) is 2.91. The van der Waals surface area contributed by atoms with Crippen LogP contribution in [0.3, 0.4) is 0 Å². The second-order valence-corrected chi connectivity index (χ2v) is 4.00. The van der Waals surface area contributed by atoms with Crippen molar-refractivity contribution in [2.75, 3.05) is 13.1 Å². The topological polar surface area (TPSA) is 65.7 Å². The predicted molar refractivity (Wildman–Crippen MR) is 58.2 cm³/mol. The molecule has 5 heteroatoms. The summed E-state index contributed by atoms with van der Waals surface area (Å²) >= 11 is 0. The number of nitrogens with zero attached hydrogens (tertiary/aromatic N) is 1. The molecule has 1 aromatic rings. The summed E-state index contributed by atoms with van der Waals surface area (Å²) in [4.78, 5) is 12.2. The summed E-state index contributed by atoms with van der Waals surface area (Å²) in [7, 11) is 0. The van der Waals surface area contributed by atoms with Crippen molar-refractivity contribution in [1.29, 1.82) is 0 Å². The van der Waals surface area contributed by atoms with Gasteiger partial charge in [-0.3, -0.25) is 0 Å². The normalized spacial score (nSPS) is 17.6. The molecule has 88 valence electrons. The molecule has 5 nitrogen and oxygen atoms in total. The van der Waals surface area contributed by atoms with Gasteiger partial charge in [0.05, 0.1) is 12.8 Å². The summed E-state index contributed by atoms with van der Waals surface area (Å²) < 4.78 is 5.22. The van der Waals surface area contributed by atoms with Crippen LogP contribution in [0.15, 0.2) is 22.8 Å². The summed E-state index contributed by atoms with van der Waals surface area (Å²) in [6.07, 6.45) is 2.58. The quantitative estimate of drug-likeness (QED) is 0.816. The fraction of sp³-hybridized carbons (Fsp3) is 0.545. The monoisotopic (exact) mass is 224 g/mol. The fourth-order valence-corrected chi connectivity index (χ4v) is 1.93. The Morgan fingerprint density at radius 3 is 2.88 bits per heavy atom. The Hall–Kier alpha value is -1.49. The lowest BCUT2D eigenvalue weighted by Gasteiger charge is -2.30. The van der Waals surface area contributed by atoms with Gasteiger partial charge >= 0.3 is 6.09 Å². The number of carbonyl (C=O) groups is 1. The van der Waals surface area contributed by atoms with Crippen LogP contribution in [0, 0.1) is 0 Å². The molecule has 2 N–H and O–H groups in total. The summed E-state index contributed by atoms with van der Waals surface area (Å²) in [5.74, 6) is 0.917. The standard InChI is InChI=1S/C11H16N2O3/c14-11(15)13-5-3-9(4-6-13)12-8-10-2-1-7-16-10/h1-2,7,9,12H,3-6,8H2,(H,14,15). The molecule has 1 saturated heterocycles. The van der Waals surface area contributed by atoms with Crippen molar-refractivity contribution in [2.24, 2.45) is 0 Å². The van der Waals surface area contributed by atoms with E-state index in [1.54, 1.807) is 6.26 Å². The average molecular weight is 224 g/mol. The molecule has 1 aromatic heterocycles. The number of nitrogens with one attached hydrogen (secondary N) is 1. The zero-order chi connectivity index (χ0) is 11.4. The van der Waals surface area contributed by atoms with E-state index in [0.29, 0.717) is 25.7 Å². The van der Waals surface area contributed by atoms with E-state index in [4.69, 9.17) is 9.52 Å². The highest BCUT2D eigenvalue weighted by atomic mass is 16.4. The molecule has 1 aliphatic heterocycles. The van der Waals surface area contributed by atoms with Gasteiger partial charge in [-0.1, -0.05) is 0 Å². The lowest BCUT2D eigenvalue weighted by molar-refractivity contribution is 0.128. The first-order valence-electron chi connectivity index (χ1n) is 5.49. The highest BCUT2D eigenvalue weighted by Gasteiger charge is 2.21. The van der Waals surface area contributed by atoms with Crippen molar-refractivity contribution >= 4 is 6.09 Å². The zero-order valence-corrected chi connectivity index (χ0v) is 9.06. The van der Waals surface area contributed by atoms with Crippen molar-refractivity contribution in [2.45, 2.75) is 25.4 Å². The molecule has 2 rings (SSSR count). The molecule has 0 bridgehead atoms. The fourth-order valence-electron chi connectivity index (χ4n) is 1.93. The number of hydrogen-bond acceptors (Lipinski definition) is 3. The predicted octanol–water partition coefficient (Wildman–Crippen LogP) is 1.51. The number of furan rings is 1. The minimum atomic E-state index is -0.815. The van der Waals surface area contributed by atoms with E-state index in [1.165, 1.54) is 4.90 Å². The minimum absolute atomic E-state index is 0.390. The summed E-state index contributed by atoms with van der Waals surface area (Å²) in [6, 6.07) is 4.18. The van der Waals surface area contributed by atoms with Crippen LogP contribution in [-0.2, 0) is 6.54 Å². The molecular formula is C11H16N2O3. The molecule has 0 aromatic carbocycles. The Kier molecular flexibility index (Phi) is 3.46. The number of carboxylic acid groups (broad SMARTS) is 1. The van der Waals surface area contributed by atoms with Crippen LogP contribution in [0.1, 0.15) is 18.6 Å². The molecule has 0 radical (unpaired) electrons. The van der Waals surface area contributed by atoms with Gasteiger partial charge < -0.3 is 19.7 Å². The third kappa shape index (κ3) is 2.76. The SMILES string of the molecule is O=C(O)N1CCC(NCc2ccco2)CC1. The molecule has 1 fully saturated rings. The van der Waals surface area contributed by atoms with E-state index in [0.717, 1.165) is 18.6 Å². The van der Waals surface area contributed by atoms with Crippen LogP contribution in [0.2, 0.25) is 0 Å². The van der Waals surface area contributed by atoms with Crippen LogP contribution in [0.25, 0.3) is 0 Å². The van der Waals surface area contributed by atoms with Gasteiger partial charge in [0.25, 0.3) is 0 Å². The third-order valence-electron chi connectivity index (χ3n) is 2.91. The Morgan fingerprint density at radius 2 is 2.31 bits per heavy atom. The number of piperidine rings is 1. The second-order valence-electron chi connectivity index (χ2n) is 4.00. The van der Waals surface area contributed by atoms with Gasteiger partial charge in [0.1, 0.15) is 5.76 Å². The van der Waals surface area contributed by atoms with Gasteiger partial charge in [0, 0.05) is 19.1 Å². The molecule has 16 heavy (non-hydrogen) atoms. The molecule has 2 heterocycles. The van der Waals surface area contributed by atoms with Crippen LogP contribution >= 0.6 is 0 Å². The number of amides is 1. The first kappa shape index (κ1) is 11.0. The molecule has 0 spiro atoms. The van der Waals surface area contributed by atoms with Gasteiger partial charge in [-0.2, -0.15) is 0 Å². The van der Waals surface area contributed by atoms with E-state index in [9.17, 15) is 4.79 Å². The Labute approximate surface area is 94.0 Å². The summed E-state index contributed by atoms with van der Waals surface area (Å²) in [5, 5.41) is 12.2. The highest BCUT2D eigenvalue weighted by molar-refractivity contribution is 5.65. The second kappa shape index (κ2) is 5.03. The Morgan fingerprint density at radius 1 is 1.56 bits per heavy atom. The number of likely N-dealkylation sites (tertiary alicyclic amines) is 1. The maximum absolute atomic E-state index is 10.7. The molecule has 0 aliphatic carbocycles. The van der Waals surface area contributed by atoms with Crippen LogP contribution in [0.4, 0.5) is 4.79 Å². The van der Waals surface area contributed by atoms with Crippen molar-refractivity contribution in [3.05, 3.63) is 24.2 Å². The first-order valence-corrected chi connectivity index (χ1v) is 5.49. The summed E-state index contributed by atoms with van der Waals surface area (Å²) in [5.41, 5.74) is 0. The van der Waals surface area contributed by atoms with E-state index in [1.807, 2.05) is 12.1 Å². The van der Waals surface area contributed by atoms with Crippen molar-refractivity contribution in [3.63, 3.8) is 0 Å². The van der Waals surface area contributed by atoms with Crippen LogP contribution < -0.4 is 5.32 Å². The maximum Gasteiger partial charge on any atom is 0.407 e. The van der Waals surface area contributed by atoms with Crippen LogP contribution in [0.5, 0.6) is 0 Å². The van der Waals surface area contributed by atoms with Crippen LogP contribution in [-0.4, -0.2) is 35.2 Å². The lowest BCUT2D eigenvalue weighted by Crippen LogP contribution is -2.44. The number of rotatable bonds is 3. The Bertz CT molecular complexity index is 329. The van der Waals surface area contributed by atoms with Gasteiger partial charge in [0.15, 0.2) is 0 Å².